The first-order chi connectivity index (χ1) is 11.4. The van der Waals surface area contributed by atoms with E-state index in [1.807, 2.05) is 17.0 Å². The first-order valence-corrected chi connectivity index (χ1v) is 9.05. The molecule has 0 saturated carbocycles. The molecule has 3 rings (SSSR count). The summed E-state index contributed by atoms with van der Waals surface area (Å²) in [5.41, 5.74) is 9.50. The number of aryl methyl sites for hydroxylation is 2. The van der Waals surface area contributed by atoms with Crippen LogP contribution in [0.5, 0.6) is 0 Å². The number of ketones is 1. The van der Waals surface area contributed by atoms with E-state index in [-0.39, 0.29) is 23.1 Å². The van der Waals surface area contributed by atoms with E-state index in [0.29, 0.717) is 25.9 Å². The zero-order valence-corrected chi connectivity index (χ0v) is 14.8. The van der Waals surface area contributed by atoms with Crippen LogP contribution in [-0.4, -0.2) is 35.7 Å². The predicted octanol–water partition coefficient (Wildman–Crippen LogP) is 2.72. The van der Waals surface area contributed by atoms with Crippen LogP contribution in [0.3, 0.4) is 0 Å². The van der Waals surface area contributed by atoms with E-state index in [1.165, 1.54) is 17.5 Å². The fourth-order valence-corrected chi connectivity index (χ4v) is 3.85. The first-order valence-electron chi connectivity index (χ1n) is 9.05. The van der Waals surface area contributed by atoms with Gasteiger partial charge in [-0.2, -0.15) is 0 Å². The molecule has 4 nitrogen and oxygen atoms in total. The van der Waals surface area contributed by atoms with Gasteiger partial charge < -0.3 is 10.6 Å². The maximum absolute atomic E-state index is 12.4. The number of fused-ring (bicyclic) bond motifs is 1. The second-order valence-electron chi connectivity index (χ2n) is 7.96. The Balaban J connectivity index is 1.55. The van der Waals surface area contributed by atoms with Crippen molar-refractivity contribution in [2.75, 3.05) is 13.1 Å². The number of nitrogens with two attached hydrogens (primary N) is 1. The maximum Gasteiger partial charge on any atom is 0.223 e. The summed E-state index contributed by atoms with van der Waals surface area (Å²) in [5, 5.41) is 0. The van der Waals surface area contributed by atoms with Gasteiger partial charge in [-0.15, -0.1) is 0 Å². The summed E-state index contributed by atoms with van der Waals surface area (Å²) in [4.78, 5) is 26.7. The summed E-state index contributed by atoms with van der Waals surface area (Å²) in [7, 11) is 0. The molecule has 4 heteroatoms. The van der Waals surface area contributed by atoms with E-state index in [0.717, 1.165) is 24.8 Å². The minimum atomic E-state index is -0.0576. The smallest absolute Gasteiger partial charge is 0.223 e. The summed E-state index contributed by atoms with van der Waals surface area (Å²) in [6, 6.07) is 6.15. The molecule has 0 radical (unpaired) electrons. The Morgan fingerprint density at radius 3 is 2.71 bits per heavy atom. The standard InChI is InChI=1S/C20H28N2O2/c1-20(2)13-22(11-10-18(20)21)19(24)9-8-17(23)16-7-6-14-4-3-5-15(14)12-16/h6-7,12,18H,3-5,8-11,13,21H2,1-2H3. The number of hydrogen-bond acceptors (Lipinski definition) is 3. The first kappa shape index (κ1) is 17.2. The van der Waals surface area contributed by atoms with Crippen molar-refractivity contribution in [2.24, 2.45) is 11.1 Å². The number of likely N-dealkylation sites (tertiary alicyclic amines) is 1. The molecule has 1 heterocycles. The molecular formula is C20H28N2O2. The molecule has 1 fully saturated rings. The average molecular weight is 328 g/mol. The van der Waals surface area contributed by atoms with Crippen LogP contribution in [0.4, 0.5) is 0 Å². The van der Waals surface area contributed by atoms with Gasteiger partial charge in [0.1, 0.15) is 0 Å². The van der Waals surface area contributed by atoms with Gasteiger partial charge in [0.25, 0.3) is 0 Å². The topological polar surface area (TPSA) is 63.4 Å². The molecule has 1 aromatic rings. The number of amides is 1. The van der Waals surface area contributed by atoms with Gasteiger partial charge in [-0.1, -0.05) is 26.0 Å². The van der Waals surface area contributed by atoms with E-state index in [4.69, 9.17) is 5.73 Å². The second-order valence-corrected chi connectivity index (χ2v) is 7.96. The van der Waals surface area contributed by atoms with E-state index in [2.05, 4.69) is 19.9 Å². The number of carbonyl (C=O) groups excluding carboxylic acids is 2. The molecule has 0 spiro atoms. The molecule has 1 atom stereocenters. The van der Waals surface area contributed by atoms with Gasteiger partial charge in [0, 0.05) is 37.5 Å². The lowest BCUT2D eigenvalue weighted by Crippen LogP contribution is -2.54. The highest BCUT2D eigenvalue weighted by Crippen LogP contribution is 2.28. The molecule has 2 aliphatic rings. The molecule has 1 aliphatic heterocycles. The summed E-state index contributed by atoms with van der Waals surface area (Å²) in [6.07, 6.45) is 4.78. The summed E-state index contributed by atoms with van der Waals surface area (Å²) >= 11 is 0. The van der Waals surface area contributed by atoms with E-state index >= 15 is 0 Å². The minimum absolute atomic E-state index is 0.0576. The molecule has 1 saturated heterocycles. The largest absolute Gasteiger partial charge is 0.342 e. The fourth-order valence-electron chi connectivity index (χ4n) is 3.85. The third-order valence-corrected chi connectivity index (χ3v) is 5.65. The van der Waals surface area contributed by atoms with Crippen LogP contribution < -0.4 is 5.73 Å². The number of hydrogen-bond donors (Lipinski definition) is 1. The molecule has 1 unspecified atom stereocenters. The molecule has 2 N–H and O–H groups in total. The van der Waals surface area contributed by atoms with Crippen molar-refractivity contribution in [3.05, 3.63) is 34.9 Å². The Bertz CT molecular complexity index is 651. The number of carbonyl (C=O) groups is 2. The van der Waals surface area contributed by atoms with Crippen molar-refractivity contribution in [1.82, 2.24) is 4.90 Å². The molecular weight excluding hydrogens is 300 g/mol. The summed E-state index contributed by atoms with van der Waals surface area (Å²) < 4.78 is 0. The minimum Gasteiger partial charge on any atom is -0.342 e. The van der Waals surface area contributed by atoms with Crippen LogP contribution in [0.2, 0.25) is 0 Å². The SMILES string of the molecule is CC1(C)CN(C(=O)CCC(=O)c2ccc3c(c2)CCC3)CCC1N. The highest BCUT2D eigenvalue weighted by Gasteiger charge is 2.35. The van der Waals surface area contributed by atoms with E-state index < -0.39 is 0 Å². The Morgan fingerprint density at radius 2 is 1.96 bits per heavy atom. The van der Waals surface area contributed by atoms with Crippen LogP contribution >= 0.6 is 0 Å². The maximum atomic E-state index is 12.4. The van der Waals surface area contributed by atoms with Gasteiger partial charge in [-0.3, -0.25) is 9.59 Å². The number of nitrogens with zero attached hydrogens (tertiary/aromatic N) is 1. The second kappa shape index (κ2) is 6.67. The normalized spacial score (nSPS) is 22.3. The Kier molecular flexibility index (Phi) is 4.77. The summed E-state index contributed by atoms with van der Waals surface area (Å²) in [6.45, 7) is 5.59. The van der Waals surface area contributed by atoms with Crippen LogP contribution in [0, 0.1) is 5.41 Å². The molecule has 0 bridgehead atoms. The van der Waals surface area contributed by atoms with Gasteiger partial charge in [-0.25, -0.2) is 0 Å². The molecule has 1 aromatic carbocycles. The number of piperidine rings is 1. The zero-order chi connectivity index (χ0) is 17.3. The van der Waals surface area contributed by atoms with Crippen molar-refractivity contribution in [1.29, 1.82) is 0 Å². The van der Waals surface area contributed by atoms with Gasteiger partial charge in [0.2, 0.25) is 5.91 Å². The van der Waals surface area contributed by atoms with Crippen molar-refractivity contribution < 1.29 is 9.59 Å². The number of benzene rings is 1. The highest BCUT2D eigenvalue weighted by molar-refractivity contribution is 5.98. The van der Waals surface area contributed by atoms with Crippen molar-refractivity contribution >= 4 is 11.7 Å². The van der Waals surface area contributed by atoms with Crippen molar-refractivity contribution in [3.63, 3.8) is 0 Å². The van der Waals surface area contributed by atoms with Crippen LogP contribution in [0.1, 0.15) is 61.0 Å². The van der Waals surface area contributed by atoms with Crippen LogP contribution in [0.25, 0.3) is 0 Å². The predicted molar refractivity (Wildman–Crippen MR) is 95.0 cm³/mol. The lowest BCUT2D eigenvalue weighted by Gasteiger charge is -2.42. The van der Waals surface area contributed by atoms with Gasteiger partial charge in [0.15, 0.2) is 5.78 Å². The lowest BCUT2D eigenvalue weighted by atomic mass is 9.79. The highest BCUT2D eigenvalue weighted by atomic mass is 16.2. The zero-order valence-electron chi connectivity index (χ0n) is 14.8. The Morgan fingerprint density at radius 1 is 1.21 bits per heavy atom. The molecule has 1 aliphatic carbocycles. The number of rotatable bonds is 4. The van der Waals surface area contributed by atoms with Crippen LogP contribution in [-0.2, 0) is 17.6 Å². The third kappa shape index (κ3) is 3.54. The quantitative estimate of drug-likeness (QED) is 0.864. The summed E-state index contributed by atoms with van der Waals surface area (Å²) in [5.74, 6) is 0.149. The average Bonchev–Trinajstić information content (AvgIpc) is 3.02. The monoisotopic (exact) mass is 328 g/mol. The number of Topliss-reactive ketones (excluding diaryl/α,β-unsaturated/α-hetero) is 1. The van der Waals surface area contributed by atoms with Gasteiger partial charge >= 0.3 is 0 Å². The van der Waals surface area contributed by atoms with Gasteiger partial charge in [0.05, 0.1) is 0 Å². The van der Waals surface area contributed by atoms with E-state index in [9.17, 15) is 9.59 Å². The Labute approximate surface area is 144 Å². The molecule has 0 aromatic heterocycles. The molecule has 1 amide bonds. The lowest BCUT2D eigenvalue weighted by molar-refractivity contribution is -0.134. The van der Waals surface area contributed by atoms with Crippen LogP contribution in [0.15, 0.2) is 18.2 Å². The Hall–Kier alpha value is -1.68. The molecule has 24 heavy (non-hydrogen) atoms. The van der Waals surface area contributed by atoms with Crippen molar-refractivity contribution in [2.45, 2.75) is 58.4 Å². The molecule has 130 valence electrons. The third-order valence-electron chi connectivity index (χ3n) is 5.65. The fraction of sp³-hybridized carbons (Fsp3) is 0.600. The van der Waals surface area contributed by atoms with Gasteiger partial charge in [-0.05, 0) is 48.3 Å². The van der Waals surface area contributed by atoms with E-state index in [1.54, 1.807) is 0 Å². The van der Waals surface area contributed by atoms with Crippen molar-refractivity contribution in [3.8, 4) is 0 Å².